The molecule has 21 heavy (non-hydrogen) atoms. The van der Waals surface area contributed by atoms with Crippen LogP contribution in [0.25, 0.3) is 22.8 Å². The Morgan fingerprint density at radius 1 is 1.10 bits per heavy atom. The van der Waals surface area contributed by atoms with E-state index in [0.717, 1.165) is 22.4 Å². The minimum Gasteiger partial charge on any atom is -0.497 e. The van der Waals surface area contributed by atoms with E-state index in [1.165, 1.54) is 0 Å². The van der Waals surface area contributed by atoms with Crippen LogP contribution < -0.4 is 10.5 Å². The van der Waals surface area contributed by atoms with Gasteiger partial charge in [0.25, 0.3) is 5.89 Å². The molecule has 1 aromatic heterocycles. The van der Waals surface area contributed by atoms with Gasteiger partial charge in [0.05, 0.1) is 12.7 Å². The number of aryl methyl sites for hydroxylation is 1. The number of rotatable bonds is 3. The Bertz CT molecular complexity index is 763. The molecule has 0 saturated heterocycles. The monoisotopic (exact) mass is 281 g/mol. The van der Waals surface area contributed by atoms with Crippen LogP contribution in [0.3, 0.4) is 0 Å². The van der Waals surface area contributed by atoms with Crippen molar-refractivity contribution in [1.82, 2.24) is 10.1 Å². The van der Waals surface area contributed by atoms with Gasteiger partial charge in [-0.25, -0.2) is 0 Å². The Morgan fingerprint density at radius 3 is 2.57 bits per heavy atom. The summed E-state index contributed by atoms with van der Waals surface area (Å²) in [5, 5.41) is 4.01. The largest absolute Gasteiger partial charge is 0.497 e. The van der Waals surface area contributed by atoms with Crippen molar-refractivity contribution in [3.05, 3.63) is 48.0 Å². The summed E-state index contributed by atoms with van der Waals surface area (Å²) < 4.78 is 10.5. The summed E-state index contributed by atoms with van der Waals surface area (Å²) in [4.78, 5) is 4.41. The molecule has 0 radical (unpaired) electrons. The Labute approximate surface area is 122 Å². The molecule has 5 nitrogen and oxygen atoms in total. The van der Waals surface area contributed by atoms with Crippen LogP contribution in [-0.4, -0.2) is 17.3 Å². The maximum absolute atomic E-state index is 6.06. The molecule has 0 fully saturated rings. The zero-order chi connectivity index (χ0) is 14.8. The molecule has 0 amide bonds. The fraction of sp³-hybridized carbons (Fsp3) is 0.125. The van der Waals surface area contributed by atoms with E-state index in [4.69, 9.17) is 15.0 Å². The predicted molar refractivity (Wildman–Crippen MR) is 80.9 cm³/mol. The zero-order valence-corrected chi connectivity index (χ0v) is 11.8. The lowest BCUT2D eigenvalue weighted by Gasteiger charge is -2.03. The van der Waals surface area contributed by atoms with Crippen LogP contribution in [0.2, 0.25) is 0 Å². The van der Waals surface area contributed by atoms with Gasteiger partial charge in [0.2, 0.25) is 5.82 Å². The molecule has 0 spiro atoms. The molecule has 2 N–H and O–H groups in total. The minimum atomic E-state index is 0.419. The zero-order valence-electron chi connectivity index (χ0n) is 11.8. The molecule has 0 aliphatic carbocycles. The third kappa shape index (κ3) is 2.45. The van der Waals surface area contributed by atoms with Crippen molar-refractivity contribution in [1.29, 1.82) is 0 Å². The quantitative estimate of drug-likeness (QED) is 0.745. The van der Waals surface area contributed by atoms with Gasteiger partial charge in [-0.2, -0.15) is 4.98 Å². The number of anilines is 1. The summed E-state index contributed by atoms with van der Waals surface area (Å²) in [5.74, 6) is 1.72. The summed E-state index contributed by atoms with van der Waals surface area (Å²) in [6, 6.07) is 13.2. The highest BCUT2D eigenvalue weighted by molar-refractivity contribution is 5.74. The molecule has 106 valence electrons. The van der Waals surface area contributed by atoms with E-state index in [1.807, 2.05) is 49.4 Å². The van der Waals surface area contributed by atoms with Gasteiger partial charge in [0.15, 0.2) is 0 Å². The number of ether oxygens (including phenoxy) is 1. The molecule has 0 bridgehead atoms. The second-order valence-corrected chi connectivity index (χ2v) is 4.69. The number of nitrogen functional groups attached to an aromatic ring is 1. The van der Waals surface area contributed by atoms with Crippen LogP contribution in [0.4, 0.5) is 5.69 Å². The lowest BCUT2D eigenvalue weighted by molar-refractivity contribution is 0.415. The Balaban J connectivity index is 1.97. The van der Waals surface area contributed by atoms with Crippen molar-refractivity contribution in [2.24, 2.45) is 0 Å². The highest BCUT2D eigenvalue weighted by Crippen LogP contribution is 2.29. The molecule has 0 atom stereocenters. The number of para-hydroxylation sites is 1. The highest BCUT2D eigenvalue weighted by atomic mass is 16.5. The summed E-state index contributed by atoms with van der Waals surface area (Å²) in [6.45, 7) is 1.94. The van der Waals surface area contributed by atoms with Crippen LogP contribution in [0.5, 0.6) is 5.75 Å². The van der Waals surface area contributed by atoms with E-state index in [2.05, 4.69) is 10.1 Å². The van der Waals surface area contributed by atoms with Gasteiger partial charge in [0, 0.05) is 11.3 Å². The van der Waals surface area contributed by atoms with E-state index in [1.54, 1.807) is 7.11 Å². The second kappa shape index (κ2) is 5.28. The van der Waals surface area contributed by atoms with Crippen LogP contribution in [0, 0.1) is 6.92 Å². The number of hydrogen-bond acceptors (Lipinski definition) is 5. The number of benzene rings is 2. The van der Waals surface area contributed by atoms with Crippen molar-refractivity contribution in [2.45, 2.75) is 6.92 Å². The van der Waals surface area contributed by atoms with Crippen molar-refractivity contribution in [3.63, 3.8) is 0 Å². The first-order chi connectivity index (χ1) is 10.2. The van der Waals surface area contributed by atoms with E-state index in [-0.39, 0.29) is 0 Å². The molecule has 2 aromatic carbocycles. The molecule has 0 aliphatic rings. The number of nitrogens with zero attached hydrogens (tertiary/aromatic N) is 2. The van der Waals surface area contributed by atoms with Gasteiger partial charge in [-0.1, -0.05) is 17.3 Å². The molecule has 0 aliphatic heterocycles. The smallest absolute Gasteiger partial charge is 0.260 e. The standard InChI is InChI=1S/C16H15N3O2/c1-10-4-3-5-13(14(10)17)16-18-15(19-21-16)11-6-8-12(20-2)9-7-11/h3-9H,17H2,1-2H3. The molecule has 3 rings (SSSR count). The van der Waals surface area contributed by atoms with Gasteiger partial charge in [-0.15, -0.1) is 0 Å². The summed E-state index contributed by atoms with van der Waals surface area (Å²) >= 11 is 0. The van der Waals surface area contributed by atoms with Gasteiger partial charge in [-0.05, 0) is 42.8 Å². The Morgan fingerprint density at radius 2 is 1.86 bits per heavy atom. The van der Waals surface area contributed by atoms with Gasteiger partial charge in [-0.3, -0.25) is 0 Å². The van der Waals surface area contributed by atoms with E-state index < -0.39 is 0 Å². The predicted octanol–water partition coefficient (Wildman–Crippen LogP) is 3.30. The second-order valence-electron chi connectivity index (χ2n) is 4.69. The first kappa shape index (κ1) is 13.2. The van der Waals surface area contributed by atoms with Gasteiger partial charge in [0.1, 0.15) is 5.75 Å². The van der Waals surface area contributed by atoms with Gasteiger partial charge >= 0.3 is 0 Å². The Hall–Kier alpha value is -2.82. The van der Waals surface area contributed by atoms with Crippen LogP contribution in [0.15, 0.2) is 47.0 Å². The molecule has 5 heteroatoms. The molecular formula is C16H15N3O2. The fourth-order valence-corrected chi connectivity index (χ4v) is 2.06. The molecule has 0 saturated carbocycles. The maximum Gasteiger partial charge on any atom is 0.260 e. The third-order valence-corrected chi connectivity index (χ3v) is 3.33. The van der Waals surface area contributed by atoms with Crippen molar-refractivity contribution in [2.75, 3.05) is 12.8 Å². The van der Waals surface area contributed by atoms with Gasteiger partial charge < -0.3 is 15.0 Å². The SMILES string of the molecule is COc1ccc(-c2noc(-c3cccc(C)c3N)n2)cc1. The normalized spacial score (nSPS) is 10.6. The first-order valence-electron chi connectivity index (χ1n) is 6.52. The van der Waals surface area contributed by atoms with Crippen LogP contribution in [-0.2, 0) is 0 Å². The average molecular weight is 281 g/mol. The number of nitrogens with two attached hydrogens (primary N) is 1. The Kier molecular flexibility index (Phi) is 3.31. The van der Waals surface area contributed by atoms with E-state index in [0.29, 0.717) is 17.4 Å². The van der Waals surface area contributed by atoms with Crippen LogP contribution >= 0.6 is 0 Å². The number of hydrogen-bond donors (Lipinski definition) is 1. The lowest BCUT2D eigenvalue weighted by Crippen LogP contribution is -1.93. The first-order valence-corrected chi connectivity index (χ1v) is 6.52. The third-order valence-electron chi connectivity index (χ3n) is 3.33. The average Bonchev–Trinajstić information content (AvgIpc) is 3.00. The summed E-state index contributed by atoms with van der Waals surface area (Å²) in [6.07, 6.45) is 0. The van der Waals surface area contributed by atoms with Crippen molar-refractivity contribution < 1.29 is 9.26 Å². The highest BCUT2D eigenvalue weighted by Gasteiger charge is 2.13. The number of methoxy groups -OCH3 is 1. The summed E-state index contributed by atoms with van der Waals surface area (Å²) in [7, 11) is 1.63. The van der Waals surface area contributed by atoms with Crippen molar-refractivity contribution >= 4 is 5.69 Å². The fourth-order valence-electron chi connectivity index (χ4n) is 2.06. The van der Waals surface area contributed by atoms with Crippen LogP contribution in [0.1, 0.15) is 5.56 Å². The van der Waals surface area contributed by atoms with E-state index >= 15 is 0 Å². The molecule has 3 aromatic rings. The number of aromatic nitrogens is 2. The van der Waals surface area contributed by atoms with E-state index in [9.17, 15) is 0 Å². The molecule has 0 unspecified atom stereocenters. The summed E-state index contributed by atoms with van der Waals surface area (Å²) in [5.41, 5.74) is 9.30. The lowest BCUT2D eigenvalue weighted by atomic mass is 10.1. The molecular weight excluding hydrogens is 266 g/mol. The minimum absolute atomic E-state index is 0.419. The topological polar surface area (TPSA) is 74.2 Å². The van der Waals surface area contributed by atoms with Crippen molar-refractivity contribution in [3.8, 4) is 28.6 Å². The maximum atomic E-state index is 6.06. The molecule has 1 heterocycles.